The van der Waals surface area contributed by atoms with Crippen LogP contribution in [0.25, 0.3) is 22.4 Å². The van der Waals surface area contributed by atoms with Crippen LogP contribution in [0.5, 0.6) is 0 Å². The third-order valence-electron chi connectivity index (χ3n) is 3.50. The van der Waals surface area contributed by atoms with Crippen LogP contribution in [0, 0.1) is 0 Å². The molecule has 1 aromatic heterocycles. The van der Waals surface area contributed by atoms with E-state index in [9.17, 15) is 5.11 Å². The van der Waals surface area contributed by atoms with E-state index in [0.717, 1.165) is 22.4 Å². The van der Waals surface area contributed by atoms with Crippen LogP contribution in [0.3, 0.4) is 0 Å². The van der Waals surface area contributed by atoms with Gasteiger partial charge in [-0.3, -0.25) is 0 Å². The van der Waals surface area contributed by atoms with Crippen molar-refractivity contribution in [3.05, 3.63) is 48.5 Å². The topological polar surface area (TPSA) is 76.4 Å². The Morgan fingerprint density at radius 1 is 1.22 bits per heavy atom. The minimum atomic E-state index is 0.0460. The molecule has 0 aliphatic rings. The molecule has 0 aliphatic carbocycles. The molecular formula is C17H17ClN4O. The van der Waals surface area contributed by atoms with Crippen LogP contribution in [0.2, 0.25) is 0 Å². The van der Waals surface area contributed by atoms with Crippen LogP contribution in [-0.4, -0.2) is 33.0 Å². The van der Waals surface area contributed by atoms with Gasteiger partial charge in [-0.15, -0.1) is 11.6 Å². The van der Waals surface area contributed by atoms with Crippen molar-refractivity contribution in [2.75, 3.05) is 12.5 Å². The number of amidine groups is 1. The number of alkyl halides is 1. The number of halogens is 1. The fraction of sp³-hybridized carbons (Fsp3) is 0.176. The highest BCUT2D eigenvalue weighted by molar-refractivity contribution is 6.28. The summed E-state index contributed by atoms with van der Waals surface area (Å²) < 4.78 is 2.00. The van der Waals surface area contributed by atoms with Crippen molar-refractivity contribution in [3.8, 4) is 11.4 Å². The van der Waals surface area contributed by atoms with E-state index in [-0.39, 0.29) is 12.5 Å². The van der Waals surface area contributed by atoms with E-state index >= 15 is 0 Å². The summed E-state index contributed by atoms with van der Waals surface area (Å²) in [7, 11) is 0. The average molecular weight is 329 g/mol. The zero-order valence-electron chi connectivity index (χ0n) is 12.5. The molecule has 5 nitrogen and oxygen atoms in total. The number of aliphatic hydroxyl groups is 1. The number of benzene rings is 2. The Labute approximate surface area is 139 Å². The molecule has 3 rings (SSSR count). The molecule has 0 saturated carbocycles. The van der Waals surface area contributed by atoms with E-state index in [0.29, 0.717) is 18.1 Å². The molecule has 0 bridgehead atoms. The molecule has 0 atom stereocenters. The molecule has 6 heteroatoms. The lowest BCUT2D eigenvalue weighted by atomic mass is 10.2. The number of hydrogen-bond donors (Lipinski definition) is 2. The number of hydrogen-bond acceptors (Lipinski definition) is 3. The van der Waals surface area contributed by atoms with E-state index in [4.69, 9.17) is 22.3 Å². The Morgan fingerprint density at radius 2 is 2.00 bits per heavy atom. The Bertz CT molecular complexity index is 842. The van der Waals surface area contributed by atoms with Crippen LogP contribution in [-0.2, 0) is 6.54 Å². The third-order valence-corrected chi connectivity index (χ3v) is 3.77. The number of fused-ring (bicyclic) bond motifs is 1. The van der Waals surface area contributed by atoms with Crippen molar-refractivity contribution < 1.29 is 5.11 Å². The second-order valence-corrected chi connectivity index (χ2v) is 5.35. The molecule has 0 unspecified atom stereocenters. The van der Waals surface area contributed by atoms with Crippen molar-refractivity contribution in [2.45, 2.75) is 6.54 Å². The maximum Gasteiger partial charge on any atom is 0.141 e. The van der Waals surface area contributed by atoms with Gasteiger partial charge >= 0.3 is 0 Å². The molecule has 0 aliphatic heterocycles. The minimum absolute atomic E-state index is 0.0460. The first-order chi connectivity index (χ1) is 11.2. The van der Waals surface area contributed by atoms with Gasteiger partial charge in [0.1, 0.15) is 11.7 Å². The predicted octanol–water partition coefficient (Wildman–Crippen LogP) is 2.92. The molecule has 0 fully saturated rings. The second-order valence-electron chi connectivity index (χ2n) is 5.09. The van der Waals surface area contributed by atoms with Gasteiger partial charge in [-0.25, -0.2) is 9.98 Å². The van der Waals surface area contributed by atoms with Gasteiger partial charge in [0.05, 0.1) is 29.2 Å². The first kappa shape index (κ1) is 15.5. The first-order valence-corrected chi connectivity index (χ1v) is 7.82. The van der Waals surface area contributed by atoms with Crippen LogP contribution in [0.4, 0.5) is 5.69 Å². The Morgan fingerprint density at radius 3 is 2.70 bits per heavy atom. The summed E-state index contributed by atoms with van der Waals surface area (Å²) >= 11 is 5.67. The summed E-state index contributed by atoms with van der Waals surface area (Å²) in [5.41, 5.74) is 9.15. The highest BCUT2D eigenvalue weighted by Gasteiger charge is 2.12. The SMILES string of the molecule is NC(CCl)=Nc1ccc2c(c1)nc(-c1ccccc1)n2CCO. The predicted molar refractivity (Wildman–Crippen MR) is 94.3 cm³/mol. The van der Waals surface area contributed by atoms with E-state index in [1.165, 1.54) is 0 Å². The molecule has 23 heavy (non-hydrogen) atoms. The smallest absolute Gasteiger partial charge is 0.141 e. The molecule has 3 N–H and O–H groups in total. The summed E-state index contributed by atoms with van der Waals surface area (Å²) in [6, 6.07) is 15.6. The van der Waals surface area contributed by atoms with E-state index in [1.807, 2.05) is 53.1 Å². The van der Waals surface area contributed by atoms with Gasteiger partial charge in [0.2, 0.25) is 0 Å². The zero-order chi connectivity index (χ0) is 16.2. The van der Waals surface area contributed by atoms with Crippen LogP contribution < -0.4 is 5.73 Å². The zero-order valence-corrected chi connectivity index (χ0v) is 13.2. The molecule has 0 spiro atoms. The van der Waals surface area contributed by atoms with Gasteiger partial charge in [-0.1, -0.05) is 30.3 Å². The fourth-order valence-electron chi connectivity index (χ4n) is 2.52. The molecule has 1 heterocycles. The number of rotatable bonds is 5. The quantitative estimate of drug-likeness (QED) is 0.429. The van der Waals surface area contributed by atoms with Gasteiger partial charge in [-0.2, -0.15) is 0 Å². The number of nitrogens with two attached hydrogens (primary N) is 1. The maximum absolute atomic E-state index is 9.37. The summed E-state index contributed by atoms with van der Waals surface area (Å²) in [6.07, 6.45) is 0. The number of imidazole rings is 1. The van der Waals surface area contributed by atoms with Gasteiger partial charge in [-0.05, 0) is 18.2 Å². The number of aliphatic imine (C=N–C) groups is 1. The summed E-state index contributed by atoms with van der Waals surface area (Å²) in [4.78, 5) is 8.95. The van der Waals surface area contributed by atoms with Crippen molar-refractivity contribution in [2.24, 2.45) is 10.7 Å². The second kappa shape index (κ2) is 6.81. The molecule has 0 saturated heterocycles. The van der Waals surface area contributed by atoms with E-state index in [1.54, 1.807) is 0 Å². The van der Waals surface area contributed by atoms with Gasteiger partial charge in [0.15, 0.2) is 0 Å². The monoisotopic (exact) mass is 328 g/mol. The fourth-order valence-corrected chi connectivity index (χ4v) is 2.58. The number of nitrogens with zero attached hydrogens (tertiary/aromatic N) is 3. The number of aliphatic hydroxyl groups excluding tert-OH is 1. The lowest BCUT2D eigenvalue weighted by Crippen LogP contribution is -2.12. The summed E-state index contributed by atoms with van der Waals surface area (Å²) in [6.45, 7) is 0.525. The highest BCUT2D eigenvalue weighted by atomic mass is 35.5. The molecule has 2 aromatic carbocycles. The third kappa shape index (κ3) is 3.21. The standard InChI is InChI=1S/C17H17ClN4O/c18-11-16(19)20-13-6-7-15-14(10-13)21-17(22(15)8-9-23)12-4-2-1-3-5-12/h1-7,10,23H,8-9,11H2,(H2,19,20). The first-order valence-electron chi connectivity index (χ1n) is 7.28. The molecular weight excluding hydrogens is 312 g/mol. The van der Waals surface area contributed by atoms with Crippen LogP contribution in [0.1, 0.15) is 0 Å². The lowest BCUT2D eigenvalue weighted by molar-refractivity contribution is 0.278. The van der Waals surface area contributed by atoms with Crippen molar-refractivity contribution in [1.29, 1.82) is 0 Å². The van der Waals surface area contributed by atoms with Crippen molar-refractivity contribution in [1.82, 2.24) is 9.55 Å². The Hall–Kier alpha value is -2.37. The Balaban J connectivity index is 2.15. The van der Waals surface area contributed by atoms with Gasteiger partial charge in [0, 0.05) is 12.1 Å². The van der Waals surface area contributed by atoms with Crippen molar-refractivity contribution in [3.63, 3.8) is 0 Å². The Kier molecular flexibility index (Phi) is 4.60. The molecule has 0 radical (unpaired) electrons. The molecule has 0 amide bonds. The van der Waals surface area contributed by atoms with Crippen LogP contribution in [0.15, 0.2) is 53.5 Å². The van der Waals surface area contributed by atoms with E-state index < -0.39 is 0 Å². The largest absolute Gasteiger partial charge is 0.395 e. The minimum Gasteiger partial charge on any atom is -0.395 e. The van der Waals surface area contributed by atoms with E-state index in [2.05, 4.69) is 4.99 Å². The van der Waals surface area contributed by atoms with Crippen LogP contribution >= 0.6 is 11.6 Å². The normalized spacial score (nSPS) is 12.0. The summed E-state index contributed by atoms with van der Waals surface area (Å²) in [5.74, 6) is 1.37. The van der Waals surface area contributed by atoms with Gasteiger partial charge < -0.3 is 15.4 Å². The molecule has 3 aromatic rings. The number of aromatic nitrogens is 2. The molecule has 118 valence electrons. The highest BCUT2D eigenvalue weighted by Crippen LogP contribution is 2.27. The lowest BCUT2D eigenvalue weighted by Gasteiger charge is -2.07. The average Bonchev–Trinajstić information content (AvgIpc) is 2.94. The maximum atomic E-state index is 9.37. The van der Waals surface area contributed by atoms with Crippen molar-refractivity contribution >= 4 is 34.2 Å². The van der Waals surface area contributed by atoms with Gasteiger partial charge in [0.25, 0.3) is 0 Å². The summed E-state index contributed by atoms with van der Waals surface area (Å²) in [5, 5.41) is 9.37.